The summed E-state index contributed by atoms with van der Waals surface area (Å²) in [5.41, 5.74) is 1.07. The van der Waals surface area contributed by atoms with Crippen molar-refractivity contribution in [3.8, 4) is 0 Å². The Morgan fingerprint density at radius 1 is 1.04 bits per heavy atom. The molecule has 0 saturated carbocycles. The summed E-state index contributed by atoms with van der Waals surface area (Å²) < 4.78 is 68.8. The van der Waals surface area contributed by atoms with Crippen molar-refractivity contribution in [2.45, 2.75) is 31.0 Å². The number of alkyl halides is 6. The molecule has 1 aliphatic heterocycles. The van der Waals surface area contributed by atoms with Gasteiger partial charge in [0.2, 0.25) is 0 Å². The third-order valence-corrected chi connectivity index (χ3v) is 2.94. The van der Waals surface area contributed by atoms with Gasteiger partial charge in [0.25, 0.3) is 0 Å². The van der Waals surface area contributed by atoms with Gasteiger partial charge in [-0.1, -0.05) is 0 Å². The van der Waals surface area contributed by atoms with Crippen LogP contribution in [0, 0.1) is 12.7 Å². The van der Waals surface area contributed by atoms with Crippen LogP contribution in [0.3, 0.4) is 0 Å². The standard InChI is InChI=1S/C10H10N2.C5H6F6O2.Ir/c1-11-7-8-12(9-11)10-5-3-2-4-6-10;6-4(7,8)2(12)1-3(13)5(9,10)11;/h2-5,7-9H,1H3;2-3,12-13H,1H2;/q-2;;. The van der Waals surface area contributed by atoms with Crippen LogP contribution >= 0.6 is 0 Å². The van der Waals surface area contributed by atoms with Crippen molar-refractivity contribution in [3.05, 3.63) is 49.4 Å². The summed E-state index contributed by atoms with van der Waals surface area (Å²) in [6.45, 7) is 2.01. The summed E-state index contributed by atoms with van der Waals surface area (Å²) in [6.07, 6.45) is -14.4. The van der Waals surface area contributed by atoms with E-state index in [1.54, 1.807) is 0 Å². The average molecular weight is 563 g/mol. The molecule has 0 saturated heterocycles. The van der Waals surface area contributed by atoms with Crippen LogP contribution in [0.1, 0.15) is 6.42 Å². The Bertz CT molecular complexity index is 535. The Morgan fingerprint density at radius 3 is 1.92 bits per heavy atom. The third-order valence-electron chi connectivity index (χ3n) is 2.94. The van der Waals surface area contributed by atoms with Crippen molar-refractivity contribution in [3.63, 3.8) is 0 Å². The van der Waals surface area contributed by atoms with Gasteiger partial charge < -0.3 is 20.0 Å². The van der Waals surface area contributed by atoms with Gasteiger partial charge in [-0.2, -0.15) is 63.3 Å². The van der Waals surface area contributed by atoms with Crippen LogP contribution in [0.5, 0.6) is 0 Å². The molecule has 2 unspecified atom stereocenters. The van der Waals surface area contributed by atoms with Crippen LogP contribution in [0.25, 0.3) is 0 Å². The zero-order valence-corrected chi connectivity index (χ0v) is 15.7. The Morgan fingerprint density at radius 2 is 1.58 bits per heavy atom. The maximum absolute atomic E-state index is 11.5. The predicted octanol–water partition coefficient (Wildman–Crippen LogP) is 3.05. The molecular weight excluding hydrogens is 546 g/mol. The molecule has 4 nitrogen and oxygen atoms in total. The van der Waals surface area contributed by atoms with Gasteiger partial charge >= 0.3 is 12.4 Å². The smallest absolute Gasteiger partial charge is 0.414 e. The number of nitrogens with zero attached hydrogens (tertiary/aromatic N) is 2. The first kappa shape index (κ1) is 24.7. The summed E-state index contributed by atoms with van der Waals surface area (Å²) in [7, 11) is 2.00. The first-order valence-electron chi connectivity index (χ1n) is 6.91. The molecule has 2 atom stereocenters. The fourth-order valence-electron chi connectivity index (χ4n) is 1.62. The van der Waals surface area contributed by atoms with Gasteiger partial charge in [0.15, 0.2) is 12.2 Å². The predicted molar refractivity (Wildman–Crippen MR) is 77.7 cm³/mol. The monoisotopic (exact) mass is 563 g/mol. The van der Waals surface area contributed by atoms with Gasteiger partial charge in [0.1, 0.15) is 0 Å². The Labute approximate surface area is 160 Å². The molecule has 2 N–H and O–H groups in total. The van der Waals surface area contributed by atoms with Gasteiger partial charge in [-0.15, -0.1) is 5.69 Å². The van der Waals surface area contributed by atoms with Crippen LogP contribution < -0.4 is 4.90 Å². The number of aliphatic hydroxyl groups excluding tert-OH is 2. The van der Waals surface area contributed by atoms with E-state index in [4.69, 9.17) is 10.2 Å². The van der Waals surface area contributed by atoms with Gasteiger partial charge in [0.05, 0.1) is 0 Å². The molecule has 0 aromatic heterocycles. The quantitative estimate of drug-likeness (QED) is 0.440. The van der Waals surface area contributed by atoms with E-state index in [9.17, 15) is 26.3 Å². The van der Waals surface area contributed by atoms with Crippen molar-refractivity contribution in [2.75, 3.05) is 11.9 Å². The number of rotatable bonds is 3. The van der Waals surface area contributed by atoms with Crippen LogP contribution in [0.4, 0.5) is 32.0 Å². The minimum absolute atomic E-state index is 0. The number of anilines is 1. The molecule has 0 aliphatic carbocycles. The Balaban J connectivity index is 0.000000463. The van der Waals surface area contributed by atoms with Crippen molar-refractivity contribution in [1.82, 2.24) is 4.90 Å². The fourth-order valence-corrected chi connectivity index (χ4v) is 1.62. The average Bonchev–Trinajstić information content (AvgIpc) is 2.93. The first-order valence-corrected chi connectivity index (χ1v) is 6.91. The molecule has 26 heavy (non-hydrogen) atoms. The van der Waals surface area contributed by atoms with Crippen LogP contribution in [0.15, 0.2) is 36.7 Å². The molecule has 2 rings (SSSR count). The molecule has 1 heterocycles. The van der Waals surface area contributed by atoms with E-state index in [0.717, 1.165) is 5.69 Å². The van der Waals surface area contributed by atoms with E-state index in [1.807, 2.05) is 60.2 Å². The minimum atomic E-state index is -5.15. The summed E-state index contributed by atoms with van der Waals surface area (Å²) in [5, 5.41) is 16.3. The third kappa shape index (κ3) is 8.39. The van der Waals surface area contributed by atoms with Crippen molar-refractivity contribution < 1.29 is 56.7 Å². The number of para-hydroxylation sites is 1. The molecule has 0 fully saturated rings. The van der Waals surface area contributed by atoms with E-state index < -0.39 is 31.0 Å². The second kappa shape index (κ2) is 10.1. The second-order valence-corrected chi connectivity index (χ2v) is 5.08. The molecule has 1 radical (unpaired) electrons. The fraction of sp³-hybridized carbons (Fsp3) is 0.400. The molecule has 0 amide bonds. The maximum Gasteiger partial charge on any atom is 0.414 e. The van der Waals surface area contributed by atoms with Crippen molar-refractivity contribution >= 4 is 5.69 Å². The molecule has 0 spiro atoms. The summed E-state index contributed by atoms with van der Waals surface area (Å²) in [5.74, 6) is 0. The second-order valence-electron chi connectivity index (χ2n) is 5.08. The van der Waals surface area contributed by atoms with E-state index in [0.29, 0.717) is 0 Å². The first-order chi connectivity index (χ1) is 11.4. The number of hydrogen-bond donors (Lipinski definition) is 2. The number of halogens is 6. The van der Waals surface area contributed by atoms with Gasteiger partial charge in [-0.05, 0) is 19.4 Å². The van der Waals surface area contributed by atoms with E-state index in [2.05, 4.69) is 6.07 Å². The Kier molecular flexibility index (Phi) is 9.65. The summed E-state index contributed by atoms with van der Waals surface area (Å²) in [6, 6.07) is 11.1. The minimum Gasteiger partial charge on any atom is -0.510 e. The van der Waals surface area contributed by atoms with Gasteiger partial charge in [0, 0.05) is 26.5 Å². The maximum atomic E-state index is 11.5. The number of aliphatic hydroxyl groups is 2. The van der Waals surface area contributed by atoms with E-state index >= 15 is 0 Å². The van der Waals surface area contributed by atoms with Crippen LogP contribution in [-0.2, 0) is 20.1 Å². The van der Waals surface area contributed by atoms with Gasteiger partial charge in [-0.25, -0.2) is 0 Å². The molecule has 11 heteroatoms. The van der Waals surface area contributed by atoms with Crippen LogP contribution in [0.2, 0.25) is 0 Å². The zero-order valence-electron chi connectivity index (χ0n) is 13.3. The molecular formula is C15H16F6IrN2O2-2. The summed E-state index contributed by atoms with van der Waals surface area (Å²) >= 11 is 0. The van der Waals surface area contributed by atoms with E-state index in [1.165, 1.54) is 0 Å². The molecule has 0 bridgehead atoms. The molecule has 151 valence electrons. The van der Waals surface area contributed by atoms with E-state index in [-0.39, 0.29) is 20.1 Å². The molecule has 1 aromatic carbocycles. The Hall–Kier alpha value is -1.29. The zero-order chi connectivity index (χ0) is 19.3. The van der Waals surface area contributed by atoms with Crippen LogP contribution in [-0.4, -0.2) is 46.7 Å². The van der Waals surface area contributed by atoms with Crippen molar-refractivity contribution in [1.29, 1.82) is 0 Å². The topological polar surface area (TPSA) is 46.9 Å². The largest absolute Gasteiger partial charge is 0.510 e. The van der Waals surface area contributed by atoms with Gasteiger partial charge in [-0.3, -0.25) is 0 Å². The molecule has 1 aromatic rings. The molecule has 1 aliphatic rings. The SMILES string of the molecule is CN1C=CN(c2[c-]cccc2)[CH-]1.OC(CC(O)C(F)(F)F)C(F)(F)F.[Ir]. The number of hydrogen-bond acceptors (Lipinski definition) is 4. The summed E-state index contributed by atoms with van der Waals surface area (Å²) in [4.78, 5) is 4.03. The van der Waals surface area contributed by atoms with Crippen molar-refractivity contribution in [2.24, 2.45) is 0 Å². The number of benzene rings is 1. The normalized spacial score (nSPS) is 16.5.